The van der Waals surface area contributed by atoms with Crippen LogP contribution in [0.25, 0.3) is 0 Å². The highest BCUT2D eigenvalue weighted by atomic mass is 35.5. The van der Waals surface area contributed by atoms with Crippen molar-refractivity contribution in [1.29, 1.82) is 0 Å². The number of hydrogen-bond donors (Lipinski definition) is 2. The molecule has 0 bridgehead atoms. The van der Waals surface area contributed by atoms with E-state index in [0.717, 1.165) is 18.6 Å². The zero-order valence-corrected chi connectivity index (χ0v) is 13.0. The molecule has 0 aliphatic rings. The molecule has 0 fully saturated rings. The maximum absolute atomic E-state index is 12.1. The lowest BCUT2D eigenvalue weighted by Gasteiger charge is -2.14. The van der Waals surface area contributed by atoms with Crippen molar-refractivity contribution in [2.75, 3.05) is 5.73 Å². The molecule has 21 heavy (non-hydrogen) atoms. The van der Waals surface area contributed by atoms with Gasteiger partial charge in [-0.15, -0.1) is 0 Å². The largest absolute Gasteiger partial charge is 0.469 e. The zero-order valence-electron chi connectivity index (χ0n) is 11.5. The minimum absolute atomic E-state index is 0.00159. The summed E-state index contributed by atoms with van der Waals surface area (Å²) in [5.41, 5.74) is 6.39. The van der Waals surface area contributed by atoms with Gasteiger partial charge in [-0.3, -0.25) is 4.79 Å². The van der Waals surface area contributed by atoms with Crippen LogP contribution < -0.4 is 11.1 Å². The predicted molar refractivity (Wildman–Crippen MR) is 84.8 cm³/mol. The second kappa shape index (κ2) is 6.87. The lowest BCUT2D eigenvalue weighted by Crippen LogP contribution is -2.32. The number of furan rings is 1. The molecule has 0 saturated carbocycles. The molecule has 1 amide bonds. The number of carbonyl (C=O) groups is 1. The van der Waals surface area contributed by atoms with Gasteiger partial charge in [-0.2, -0.15) is 0 Å². The number of nitrogen functional groups attached to an aromatic ring is 1. The fourth-order valence-electron chi connectivity index (χ4n) is 1.93. The number of benzene rings is 1. The van der Waals surface area contributed by atoms with Crippen LogP contribution in [0, 0.1) is 0 Å². The standard InChI is InChI=1S/C15H16Cl2N2O2/c1-9(4-5-11-3-2-6-21-11)19-15(20)10-7-12(16)14(17)13(18)8-10/h2-3,6-9H,4-5,18H2,1H3,(H,19,20). The Hall–Kier alpha value is -1.65. The SMILES string of the molecule is CC(CCc1ccco1)NC(=O)c1cc(N)c(Cl)c(Cl)c1. The highest BCUT2D eigenvalue weighted by molar-refractivity contribution is 6.43. The summed E-state index contributed by atoms with van der Waals surface area (Å²) in [7, 11) is 0. The van der Waals surface area contributed by atoms with E-state index in [1.807, 2.05) is 19.1 Å². The molecule has 4 nitrogen and oxygen atoms in total. The Morgan fingerprint density at radius 2 is 2.19 bits per heavy atom. The molecule has 1 aromatic heterocycles. The summed E-state index contributed by atoms with van der Waals surface area (Å²) in [6.45, 7) is 1.93. The molecule has 3 N–H and O–H groups in total. The van der Waals surface area contributed by atoms with E-state index < -0.39 is 0 Å². The predicted octanol–water partition coefficient (Wildman–Crippen LogP) is 3.92. The molecular formula is C15H16Cl2N2O2. The number of halogens is 2. The highest BCUT2D eigenvalue weighted by Gasteiger charge is 2.13. The topological polar surface area (TPSA) is 68.3 Å². The van der Waals surface area contributed by atoms with Crippen LogP contribution in [0.2, 0.25) is 10.0 Å². The van der Waals surface area contributed by atoms with Gasteiger partial charge in [0, 0.05) is 18.0 Å². The quantitative estimate of drug-likeness (QED) is 0.818. The summed E-state index contributed by atoms with van der Waals surface area (Å²) in [4.78, 5) is 12.1. The number of nitrogens with two attached hydrogens (primary N) is 1. The first-order valence-electron chi connectivity index (χ1n) is 6.55. The summed E-state index contributed by atoms with van der Waals surface area (Å²) in [6.07, 6.45) is 3.17. The Morgan fingerprint density at radius 3 is 2.81 bits per heavy atom. The molecule has 1 aromatic carbocycles. The fraction of sp³-hybridized carbons (Fsp3) is 0.267. The summed E-state index contributed by atoms with van der Waals surface area (Å²) in [5.74, 6) is 0.669. The van der Waals surface area contributed by atoms with Crippen LogP contribution in [-0.4, -0.2) is 11.9 Å². The van der Waals surface area contributed by atoms with Gasteiger partial charge in [0.05, 0.1) is 22.0 Å². The van der Waals surface area contributed by atoms with Crippen LogP contribution in [0.5, 0.6) is 0 Å². The van der Waals surface area contributed by atoms with Gasteiger partial charge in [0.15, 0.2) is 0 Å². The van der Waals surface area contributed by atoms with Gasteiger partial charge < -0.3 is 15.5 Å². The maximum atomic E-state index is 12.1. The minimum Gasteiger partial charge on any atom is -0.469 e. The van der Waals surface area contributed by atoms with E-state index in [0.29, 0.717) is 5.56 Å². The van der Waals surface area contributed by atoms with Crippen molar-refractivity contribution in [3.8, 4) is 0 Å². The highest BCUT2D eigenvalue weighted by Crippen LogP contribution is 2.29. The lowest BCUT2D eigenvalue weighted by atomic mass is 10.1. The Kier molecular flexibility index (Phi) is 5.15. The molecular weight excluding hydrogens is 311 g/mol. The number of hydrogen-bond acceptors (Lipinski definition) is 3. The molecule has 0 spiro atoms. The second-order valence-electron chi connectivity index (χ2n) is 4.85. The molecule has 6 heteroatoms. The molecule has 2 aromatic rings. The summed E-state index contributed by atoms with van der Waals surface area (Å²) < 4.78 is 5.26. The maximum Gasteiger partial charge on any atom is 0.251 e. The third-order valence-corrected chi connectivity index (χ3v) is 3.92. The van der Waals surface area contributed by atoms with Crippen molar-refractivity contribution < 1.29 is 9.21 Å². The van der Waals surface area contributed by atoms with Crippen molar-refractivity contribution in [2.45, 2.75) is 25.8 Å². The van der Waals surface area contributed by atoms with E-state index in [4.69, 9.17) is 33.4 Å². The normalized spacial score (nSPS) is 12.1. The van der Waals surface area contributed by atoms with Gasteiger partial charge >= 0.3 is 0 Å². The average molecular weight is 327 g/mol. The van der Waals surface area contributed by atoms with Crippen LogP contribution in [0.1, 0.15) is 29.5 Å². The summed E-state index contributed by atoms with van der Waals surface area (Å²) >= 11 is 11.8. The van der Waals surface area contributed by atoms with Crippen molar-refractivity contribution in [3.05, 3.63) is 51.9 Å². The summed E-state index contributed by atoms with van der Waals surface area (Å²) in [6, 6.07) is 6.78. The van der Waals surface area contributed by atoms with Crippen LogP contribution in [0.15, 0.2) is 34.9 Å². The Balaban J connectivity index is 1.94. The van der Waals surface area contributed by atoms with Crippen molar-refractivity contribution in [2.24, 2.45) is 0 Å². The van der Waals surface area contributed by atoms with Gasteiger partial charge in [-0.25, -0.2) is 0 Å². The van der Waals surface area contributed by atoms with E-state index in [1.165, 1.54) is 12.1 Å². The molecule has 112 valence electrons. The van der Waals surface area contributed by atoms with Crippen LogP contribution >= 0.6 is 23.2 Å². The zero-order chi connectivity index (χ0) is 15.4. The first-order chi connectivity index (χ1) is 9.97. The molecule has 0 radical (unpaired) electrons. The van der Waals surface area contributed by atoms with Gasteiger partial charge in [-0.1, -0.05) is 23.2 Å². The van der Waals surface area contributed by atoms with E-state index in [9.17, 15) is 4.79 Å². The molecule has 0 aliphatic carbocycles. The average Bonchev–Trinajstić information content (AvgIpc) is 2.95. The molecule has 0 aliphatic heterocycles. The van der Waals surface area contributed by atoms with Gasteiger partial charge in [0.25, 0.3) is 5.91 Å². The Morgan fingerprint density at radius 1 is 1.43 bits per heavy atom. The third-order valence-electron chi connectivity index (χ3n) is 3.10. The monoisotopic (exact) mass is 326 g/mol. The Bertz CT molecular complexity index is 604. The fourth-order valence-corrected chi connectivity index (χ4v) is 2.27. The lowest BCUT2D eigenvalue weighted by molar-refractivity contribution is 0.0938. The molecule has 1 unspecified atom stereocenters. The number of aryl methyl sites for hydroxylation is 1. The van der Waals surface area contributed by atoms with E-state index in [1.54, 1.807) is 6.26 Å². The van der Waals surface area contributed by atoms with Crippen LogP contribution in [0.4, 0.5) is 5.69 Å². The van der Waals surface area contributed by atoms with Crippen LogP contribution in [0.3, 0.4) is 0 Å². The van der Waals surface area contributed by atoms with Gasteiger partial charge in [0.2, 0.25) is 0 Å². The van der Waals surface area contributed by atoms with Crippen molar-refractivity contribution in [1.82, 2.24) is 5.32 Å². The second-order valence-corrected chi connectivity index (χ2v) is 5.64. The van der Waals surface area contributed by atoms with Crippen molar-refractivity contribution in [3.63, 3.8) is 0 Å². The van der Waals surface area contributed by atoms with Gasteiger partial charge in [0.1, 0.15) is 5.76 Å². The van der Waals surface area contributed by atoms with E-state index in [-0.39, 0.29) is 27.7 Å². The molecule has 2 rings (SSSR count). The summed E-state index contributed by atoms with van der Waals surface area (Å²) in [5, 5.41) is 3.43. The number of amides is 1. The first-order valence-corrected chi connectivity index (χ1v) is 7.30. The molecule has 0 saturated heterocycles. The minimum atomic E-state index is -0.229. The van der Waals surface area contributed by atoms with E-state index >= 15 is 0 Å². The number of anilines is 1. The van der Waals surface area contributed by atoms with Crippen LogP contribution in [-0.2, 0) is 6.42 Å². The van der Waals surface area contributed by atoms with Gasteiger partial charge in [-0.05, 0) is 37.6 Å². The molecule has 1 heterocycles. The number of rotatable bonds is 5. The van der Waals surface area contributed by atoms with Crippen molar-refractivity contribution >= 4 is 34.8 Å². The Labute approximate surface area is 133 Å². The number of carbonyl (C=O) groups excluding carboxylic acids is 1. The smallest absolute Gasteiger partial charge is 0.251 e. The molecule has 1 atom stereocenters. The number of nitrogens with one attached hydrogen (secondary N) is 1. The first kappa shape index (κ1) is 15.7. The third kappa shape index (κ3) is 4.16. The van der Waals surface area contributed by atoms with E-state index in [2.05, 4.69) is 5.32 Å².